The number of hydrogen-bond acceptors (Lipinski definition) is 4. The zero-order valence-electron chi connectivity index (χ0n) is 16.2. The zero-order chi connectivity index (χ0) is 19.7. The molecule has 1 aromatic heterocycles. The van der Waals surface area contributed by atoms with Gasteiger partial charge in [0.2, 0.25) is 6.79 Å². The van der Waals surface area contributed by atoms with E-state index < -0.39 is 0 Å². The molecule has 0 radical (unpaired) electrons. The summed E-state index contributed by atoms with van der Waals surface area (Å²) in [7, 11) is 0. The van der Waals surface area contributed by atoms with Gasteiger partial charge in [-0.2, -0.15) is 5.10 Å². The van der Waals surface area contributed by atoms with E-state index >= 15 is 0 Å². The lowest BCUT2D eigenvalue weighted by Gasteiger charge is -2.05. The van der Waals surface area contributed by atoms with Crippen LogP contribution in [0, 0.1) is 20.8 Å². The number of aromatic nitrogens is 2. The van der Waals surface area contributed by atoms with E-state index in [4.69, 9.17) is 9.47 Å². The molecule has 28 heavy (non-hydrogen) atoms. The summed E-state index contributed by atoms with van der Waals surface area (Å²) >= 11 is 0. The summed E-state index contributed by atoms with van der Waals surface area (Å²) < 4.78 is 12.6. The summed E-state index contributed by atoms with van der Waals surface area (Å²) in [5.74, 6) is 1.20. The molecule has 0 saturated heterocycles. The first kappa shape index (κ1) is 18.0. The van der Waals surface area contributed by atoms with Crippen LogP contribution in [-0.2, 0) is 6.54 Å². The van der Waals surface area contributed by atoms with Gasteiger partial charge in [0.05, 0.1) is 12.2 Å². The van der Waals surface area contributed by atoms with Gasteiger partial charge in [-0.1, -0.05) is 29.8 Å². The molecule has 0 amide bonds. The lowest BCUT2D eigenvalue weighted by atomic mass is 10.1. The van der Waals surface area contributed by atoms with Crippen molar-refractivity contribution in [2.24, 2.45) is 0 Å². The Bertz CT molecular complexity index is 1060. The Morgan fingerprint density at radius 3 is 2.61 bits per heavy atom. The fraction of sp³-hybridized carbons (Fsp3) is 0.217. The molecule has 0 fully saturated rings. The minimum Gasteiger partial charge on any atom is -0.454 e. The first-order valence-electron chi connectivity index (χ1n) is 9.23. The molecule has 3 aromatic rings. The topological polar surface area (TPSA) is 53.4 Å². The molecule has 0 atom stereocenters. The first-order valence-corrected chi connectivity index (χ1v) is 9.23. The second-order valence-corrected chi connectivity index (χ2v) is 6.99. The number of nitrogens with zero attached hydrogens (tertiary/aromatic N) is 2. The van der Waals surface area contributed by atoms with Crippen LogP contribution in [-0.4, -0.2) is 22.4 Å². The number of rotatable bonds is 5. The van der Waals surface area contributed by atoms with Crippen LogP contribution in [0.15, 0.2) is 48.5 Å². The number of ether oxygens (including phenoxy) is 2. The van der Waals surface area contributed by atoms with Crippen LogP contribution in [0.2, 0.25) is 0 Å². The number of carbonyl (C=O) groups excluding carboxylic acids is 1. The molecule has 5 nitrogen and oxygen atoms in total. The van der Waals surface area contributed by atoms with Gasteiger partial charge >= 0.3 is 0 Å². The molecule has 5 heteroatoms. The van der Waals surface area contributed by atoms with Gasteiger partial charge in [-0.25, -0.2) is 0 Å². The quantitative estimate of drug-likeness (QED) is 0.488. The Balaban J connectivity index is 1.53. The Hall–Kier alpha value is -3.34. The summed E-state index contributed by atoms with van der Waals surface area (Å²) in [6.07, 6.45) is 3.43. The zero-order valence-corrected chi connectivity index (χ0v) is 16.2. The summed E-state index contributed by atoms with van der Waals surface area (Å²) in [5.41, 5.74) is 5.92. The summed E-state index contributed by atoms with van der Waals surface area (Å²) in [4.78, 5) is 12.6. The van der Waals surface area contributed by atoms with Crippen LogP contribution < -0.4 is 9.47 Å². The Morgan fingerprint density at radius 2 is 1.82 bits per heavy atom. The monoisotopic (exact) mass is 374 g/mol. The maximum Gasteiger partial charge on any atom is 0.231 e. The Morgan fingerprint density at radius 1 is 1.07 bits per heavy atom. The summed E-state index contributed by atoms with van der Waals surface area (Å²) in [6, 6.07) is 13.7. The molecule has 2 heterocycles. The van der Waals surface area contributed by atoms with Crippen molar-refractivity contribution in [1.82, 2.24) is 9.78 Å². The van der Waals surface area contributed by atoms with Crippen molar-refractivity contribution in [2.75, 3.05) is 6.79 Å². The van der Waals surface area contributed by atoms with Gasteiger partial charge in [0.25, 0.3) is 0 Å². The van der Waals surface area contributed by atoms with Crippen molar-refractivity contribution < 1.29 is 14.3 Å². The number of aryl methyl sites for hydroxylation is 2. The van der Waals surface area contributed by atoms with E-state index in [0.29, 0.717) is 23.6 Å². The molecule has 0 aliphatic carbocycles. The van der Waals surface area contributed by atoms with E-state index in [0.717, 1.165) is 17.0 Å². The molecule has 0 bridgehead atoms. The highest BCUT2D eigenvalue weighted by atomic mass is 16.7. The van der Waals surface area contributed by atoms with Gasteiger partial charge in [0, 0.05) is 16.8 Å². The molecule has 0 unspecified atom stereocenters. The van der Waals surface area contributed by atoms with Gasteiger partial charge in [-0.15, -0.1) is 0 Å². The number of ketones is 1. The van der Waals surface area contributed by atoms with E-state index in [9.17, 15) is 4.79 Å². The fourth-order valence-corrected chi connectivity index (χ4v) is 3.28. The smallest absolute Gasteiger partial charge is 0.231 e. The molecule has 142 valence electrons. The predicted molar refractivity (Wildman–Crippen MR) is 108 cm³/mol. The van der Waals surface area contributed by atoms with E-state index in [1.54, 1.807) is 24.3 Å². The van der Waals surface area contributed by atoms with Crippen LogP contribution in [0.3, 0.4) is 0 Å². The van der Waals surface area contributed by atoms with Crippen LogP contribution in [0.1, 0.15) is 38.4 Å². The van der Waals surface area contributed by atoms with Gasteiger partial charge in [0.1, 0.15) is 0 Å². The molecule has 0 saturated carbocycles. The van der Waals surface area contributed by atoms with Crippen LogP contribution in [0.25, 0.3) is 6.08 Å². The van der Waals surface area contributed by atoms with Crippen molar-refractivity contribution in [3.05, 3.63) is 82.2 Å². The molecule has 1 aliphatic heterocycles. The molecule has 0 spiro atoms. The standard InChI is InChI=1S/C23H22N2O3/c1-15-4-6-18(7-5-15)13-25-17(3)20(16(2)24-25)9-10-21(26)19-8-11-22-23(12-19)28-14-27-22/h4-12H,13-14H2,1-3H3. The number of hydrogen-bond donors (Lipinski definition) is 0. The maximum atomic E-state index is 12.6. The average molecular weight is 374 g/mol. The van der Waals surface area contributed by atoms with Crippen molar-refractivity contribution in [3.8, 4) is 11.5 Å². The normalized spacial score (nSPS) is 12.7. The van der Waals surface area contributed by atoms with E-state index in [1.165, 1.54) is 11.1 Å². The molecule has 1 aliphatic rings. The third-order valence-electron chi connectivity index (χ3n) is 4.95. The minimum absolute atomic E-state index is 0.0802. The highest BCUT2D eigenvalue weighted by Gasteiger charge is 2.15. The maximum absolute atomic E-state index is 12.6. The SMILES string of the molecule is Cc1ccc(Cn2nc(C)c(C=CC(=O)c3ccc4c(c3)OCO4)c2C)cc1. The second kappa shape index (κ2) is 7.35. The van der Waals surface area contributed by atoms with Gasteiger partial charge in [0.15, 0.2) is 17.3 Å². The van der Waals surface area contributed by atoms with Crippen molar-refractivity contribution in [3.63, 3.8) is 0 Å². The summed E-state index contributed by atoms with van der Waals surface area (Å²) in [5, 5.41) is 4.64. The number of allylic oxidation sites excluding steroid dienone is 1. The minimum atomic E-state index is -0.0802. The summed E-state index contributed by atoms with van der Waals surface area (Å²) in [6.45, 7) is 6.97. The van der Waals surface area contributed by atoms with Gasteiger partial charge in [-0.3, -0.25) is 9.48 Å². The molecular formula is C23H22N2O3. The van der Waals surface area contributed by atoms with Gasteiger partial charge in [-0.05, 0) is 56.7 Å². The highest BCUT2D eigenvalue weighted by molar-refractivity contribution is 6.07. The van der Waals surface area contributed by atoms with Crippen molar-refractivity contribution in [1.29, 1.82) is 0 Å². The van der Waals surface area contributed by atoms with E-state index in [-0.39, 0.29) is 12.6 Å². The molecule has 2 aromatic carbocycles. The third-order valence-corrected chi connectivity index (χ3v) is 4.95. The molecular weight excluding hydrogens is 352 g/mol. The number of carbonyl (C=O) groups is 1. The first-order chi connectivity index (χ1) is 13.5. The van der Waals surface area contributed by atoms with Crippen molar-refractivity contribution in [2.45, 2.75) is 27.3 Å². The largest absolute Gasteiger partial charge is 0.454 e. The lowest BCUT2D eigenvalue weighted by molar-refractivity contribution is 0.104. The number of fused-ring (bicyclic) bond motifs is 1. The van der Waals surface area contributed by atoms with E-state index in [2.05, 4.69) is 36.3 Å². The Kier molecular flexibility index (Phi) is 4.74. The number of benzene rings is 2. The second-order valence-electron chi connectivity index (χ2n) is 6.99. The Labute approximate surface area is 164 Å². The third kappa shape index (κ3) is 3.56. The lowest BCUT2D eigenvalue weighted by Crippen LogP contribution is -2.04. The highest BCUT2D eigenvalue weighted by Crippen LogP contribution is 2.32. The van der Waals surface area contributed by atoms with Gasteiger partial charge < -0.3 is 9.47 Å². The van der Waals surface area contributed by atoms with Crippen LogP contribution in [0.5, 0.6) is 11.5 Å². The molecule has 4 rings (SSSR count). The predicted octanol–water partition coefficient (Wildman–Crippen LogP) is 4.48. The fourth-order valence-electron chi connectivity index (χ4n) is 3.28. The molecule has 0 N–H and O–H groups in total. The average Bonchev–Trinajstić information content (AvgIpc) is 3.26. The van der Waals surface area contributed by atoms with Crippen LogP contribution in [0.4, 0.5) is 0 Å². The van der Waals surface area contributed by atoms with Crippen molar-refractivity contribution >= 4 is 11.9 Å². The van der Waals surface area contributed by atoms with Crippen LogP contribution >= 0.6 is 0 Å². The van der Waals surface area contributed by atoms with E-state index in [1.807, 2.05) is 24.6 Å².